The first-order valence-corrected chi connectivity index (χ1v) is 6.10. The quantitative estimate of drug-likeness (QED) is 0.888. The van der Waals surface area contributed by atoms with Gasteiger partial charge >= 0.3 is 5.97 Å². The van der Waals surface area contributed by atoms with Crippen LogP contribution < -0.4 is 9.47 Å². The van der Waals surface area contributed by atoms with Gasteiger partial charge in [0.15, 0.2) is 11.5 Å². The Morgan fingerprint density at radius 2 is 2.00 bits per heavy atom. The zero-order chi connectivity index (χ0) is 12.9. The monoisotopic (exact) mass is 248 g/mol. The molecule has 1 spiro atoms. The molecule has 2 aliphatic rings. The fraction of sp³-hybridized carbons (Fsp3) is 0.500. The highest BCUT2D eigenvalue weighted by Crippen LogP contribution is 2.62. The van der Waals surface area contributed by atoms with Crippen molar-refractivity contribution in [1.29, 1.82) is 0 Å². The molecule has 0 bridgehead atoms. The molecule has 3 rings (SSSR count). The average Bonchev–Trinajstić information content (AvgIpc) is 3.00. The minimum absolute atomic E-state index is 0.138. The van der Waals surface area contributed by atoms with E-state index < -0.39 is 5.97 Å². The Balaban J connectivity index is 2.05. The second-order valence-corrected chi connectivity index (χ2v) is 5.12. The number of aliphatic carboxylic acids is 1. The Bertz CT molecular complexity index is 523. The standard InChI is InChI=1S/C14H16O4/c1-17-11-5-8-3-4-14(7-10(14)13(15)16)9(8)6-12(11)18-2/h5-6,10H,3-4,7H2,1-2H3,(H,15,16). The molecule has 96 valence electrons. The molecule has 0 saturated heterocycles. The molecule has 1 aromatic carbocycles. The minimum atomic E-state index is -0.683. The maximum absolute atomic E-state index is 11.2. The number of rotatable bonds is 3. The van der Waals surface area contributed by atoms with Crippen LogP contribution in [0.15, 0.2) is 12.1 Å². The number of hydrogen-bond donors (Lipinski definition) is 1. The number of carboxylic acids is 1. The maximum atomic E-state index is 11.2. The van der Waals surface area contributed by atoms with Gasteiger partial charge in [0.1, 0.15) is 0 Å². The van der Waals surface area contributed by atoms with Crippen LogP contribution in [0.4, 0.5) is 0 Å². The second kappa shape index (κ2) is 3.64. The summed E-state index contributed by atoms with van der Waals surface area (Å²) < 4.78 is 10.6. The first kappa shape index (κ1) is 11.4. The molecule has 0 radical (unpaired) electrons. The van der Waals surface area contributed by atoms with E-state index in [1.54, 1.807) is 14.2 Å². The molecule has 1 saturated carbocycles. The molecule has 0 amide bonds. The number of aryl methyl sites for hydroxylation is 1. The number of ether oxygens (including phenoxy) is 2. The van der Waals surface area contributed by atoms with Crippen molar-refractivity contribution in [3.05, 3.63) is 23.3 Å². The Hall–Kier alpha value is -1.71. The van der Waals surface area contributed by atoms with E-state index in [1.807, 2.05) is 12.1 Å². The van der Waals surface area contributed by atoms with Crippen molar-refractivity contribution in [2.45, 2.75) is 24.7 Å². The van der Waals surface area contributed by atoms with E-state index in [1.165, 1.54) is 5.56 Å². The van der Waals surface area contributed by atoms with Crippen molar-refractivity contribution in [1.82, 2.24) is 0 Å². The summed E-state index contributed by atoms with van der Waals surface area (Å²) in [6, 6.07) is 3.95. The van der Waals surface area contributed by atoms with Gasteiger partial charge in [-0.1, -0.05) is 0 Å². The van der Waals surface area contributed by atoms with Gasteiger partial charge in [0, 0.05) is 5.41 Å². The largest absolute Gasteiger partial charge is 0.493 e. The highest BCUT2D eigenvalue weighted by atomic mass is 16.5. The third kappa shape index (κ3) is 1.35. The van der Waals surface area contributed by atoms with Crippen molar-refractivity contribution in [3.8, 4) is 11.5 Å². The van der Waals surface area contributed by atoms with Crippen LogP contribution in [0.25, 0.3) is 0 Å². The van der Waals surface area contributed by atoms with Crippen LogP contribution in [-0.2, 0) is 16.6 Å². The summed E-state index contributed by atoms with van der Waals surface area (Å²) in [5.41, 5.74) is 2.21. The molecular formula is C14H16O4. The topological polar surface area (TPSA) is 55.8 Å². The molecule has 1 N–H and O–H groups in total. The number of methoxy groups -OCH3 is 2. The van der Waals surface area contributed by atoms with Gasteiger partial charge in [0.25, 0.3) is 0 Å². The number of benzene rings is 1. The normalized spacial score (nSPS) is 28.0. The van der Waals surface area contributed by atoms with Crippen LogP contribution in [0, 0.1) is 5.92 Å². The van der Waals surface area contributed by atoms with Crippen molar-refractivity contribution < 1.29 is 19.4 Å². The molecule has 4 nitrogen and oxygen atoms in total. The van der Waals surface area contributed by atoms with Crippen LogP contribution in [0.3, 0.4) is 0 Å². The van der Waals surface area contributed by atoms with Crippen LogP contribution in [0.1, 0.15) is 24.0 Å². The van der Waals surface area contributed by atoms with E-state index in [0.29, 0.717) is 5.75 Å². The van der Waals surface area contributed by atoms with Gasteiger partial charge < -0.3 is 14.6 Å². The van der Waals surface area contributed by atoms with E-state index in [0.717, 1.165) is 30.6 Å². The summed E-state index contributed by atoms with van der Waals surface area (Å²) in [6.07, 6.45) is 2.61. The Labute approximate surface area is 106 Å². The molecule has 0 aliphatic heterocycles. The summed E-state index contributed by atoms with van der Waals surface area (Å²) in [4.78, 5) is 11.2. The number of carbonyl (C=O) groups is 1. The second-order valence-electron chi connectivity index (χ2n) is 5.12. The van der Waals surface area contributed by atoms with Gasteiger partial charge in [-0.05, 0) is 42.5 Å². The molecular weight excluding hydrogens is 232 g/mol. The fourth-order valence-electron chi connectivity index (χ4n) is 3.29. The summed E-state index contributed by atoms with van der Waals surface area (Å²) in [6.45, 7) is 0. The predicted octanol–water partition coefficient (Wildman–Crippen LogP) is 1.99. The number of hydrogen-bond acceptors (Lipinski definition) is 3. The Morgan fingerprint density at radius 1 is 1.33 bits per heavy atom. The maximum Gasteiger partial charge on any atom is 0.307 e. The first-order valence-electron chi connectivity index (χ1n) is 6.10. The summed E-state index contributed by atoms with van der Waals surface area (Å²) in [5.74, 6) is 0.504. The average molecular weight is 248 g/mol. The molecule has 1 fully saturated rings. The van der Waals surface area contributed by atoms with Gasteiger partial charge in [-0.25, -0.2) is 0 Å². The van der Waals surface area contributed by atoms with Crippen molar-refractivity contribution in [2.75, 3.05) is 14.2 Å². The van der Waals surface area contributed by atoms with E-state index >= 15 is 0 Å². The van der Waals surface area contributed by atoms with Gasteiger partial charge in [0.2, 0.25) is 0 Å². The highest BCUT2D eigenvalue weighted by Gasteiger charge is 2.62. The Morgan fingerprint density at radius 3 is 2.56 bits per heavy atom. The van der Waals surface area contributed by atoms with Crippen molar-refractivity contribution >= 4 is 5.97 Å². The lowest BCUT2D eigenvalue weighted by Gasteiger charge is -2.14. The zero-order valence-electron chi connectivity index (χ0n) is 10.5. The summed E-state index contributed by atoms with van der Waals surface area (Å²) in [5, 5.41) is 9.18. The molecule has 2 atom stereocenters. The third-order valence-corrected chi connectivity index (χ3v) is 4.36. The van der Waals surface area contributed by atoms with Crippen LogP contribution in [-0.4, -0.2) is 25.3 Å². The molecule has 0 heterocycles. The lowest BCUT2D eigenvalue weighted by atomic mass is 9.95. The van der Waals surface area contributed by atoms with Gasteiger partial charge in [-0.3, -0.25) is 4.79 Å². The Kier molecular flexibility index (Phi) is 2.30. The molecule has 1 aromatic rings. The number of fused-ring (bicyclic) bond motifs is 2. The zero-order valence-corrected chi connectivity index (χ0v) is 10.5. The smallest absolute Gasteiger partial charge is 0.307 e. The first-order chi connectivity index (χ1) is 8.62. The van der Waals surface area contributed by atoms with E-state index in [2.05, 4.69) is 0 Å². The number of carboxylic acid groups (broad SMARTS) is 1. The lowest BCUT2D eigenvalue weighted by molar-refractivity contribution is -0.139. The molecule has 4 heteroatoms. The third-order valence-electron chi connectivity index (χ3n) is 4.36. The molecule has 2 unspecified atom stereocenters. The molecule has 0 aromatic heterocycles. The minimum Gasteiger partial charge on any atom is -0.493 e. The van der Waals surface area contributed by atoms with Crippen molar-refractivity contribution in [3.63, 3.8) is 0 Å². The van der Waals surface area contributed by atoms with Gasteiger partial charge in [-0.2, -0.15) is 0 Å². The van der Waals surface area contributed by atoms with Crippen molar-refractivity contribution in [2.24, 2.45) is 5.92 Å². The van der Waals surface area contributed by atoms with E-state index in [4.69, 9.17) is 9.47 Å². The van der Waals surface area contributed by atoms with Crippen LogP contribution in [0.5, 0.6) is 11.5 Å². The fourth-order valence-corrected chi connectivity index (χ4v) is 3.29. The highest BCUT2D eigenvalue weighted by molar-refractivity contribution is 5.78. The SMILES string of the molecule is COc1cc2c(cc1OC)C1(CC2)CC1C(=O)O. The summed E-state index contributed by atoms with van der Waals surface area (Å²) in [7, 11) is 3.22. The molecule has 2 aliphatic carbocycles. The van der Waals surface area contributed by atoms with E-state index in [-0.39, 0.29) is 11.3 Å². The van der Waals surface area contributed by atoms with Gasteiger partial charge in [-0.15, -0.1) is 0 Å². The van der Waals surface area contributed by atoms with Crippen LogP contribution >= 0.6 is 0 Å². The van der Waals surface area contributed by atoms with Crippen LogP contribution in [0.2, 0.25) is 0 Å². The predicted molar refractivity (Wildman–Crippen MR) is 65.3 cm³/mol. The molecule has 18 heavy (non-hydrogen) atoms. The van der Waals surface area contributed by atoms with Gasteiger partial charge in [0.05, 0.1) is 20.1 Å². The lowest BCUT2D eigenvalue weighted by Crippen LogP contribution is -2.11. The summed E-state index contributed by atoms with van der Waals surface area (Å²) >= 11 is 0. The van der Waals surface area contributed by atoms with E-state index in [9.17, 15) is 9.90 Å².